The SMILES string of the molecule is CCN(CCC#N)C(=N)N=C(N)N. The lowest BCUT2D eigenvalue weighted by Gasteiger charge is -2.18. The van der Waals surface area contributed by atoms with E-state index in [9.17, 15) is 0 Å². The summed E-state index contributed by atoms with van der Waals surface area (Å²) < 4.78 is 0. The van der Waals surface area contributed by atoms with Crippen molar-refractivity contribution in [2.45, 2.75) is 13.3 Å². The molecule has 0 fully saturated rings. The molecule has 0 saturated heterocycles. The zero-order valence-corrected chi connectivity index (χ0v) is 7.62. The first-order valence-electron chi connectivity index (χ1n) is 3.91. The number of nitrogens with zero attached hydrogens (tertiary/aromatic N) is 3. The first-order valence-corrected chi connectivity index (χ1v) is 3.91. The van der Waals surface area contributed by atoms with E-state index in [2.05, 4.69) is 4.99 Å². The van der Waals surface area contributed by atoms with E-state index in [-0.39, 0.29) is 11.9 Å². The Morgan fingerprint density at radius 3 is 2.62 bits per heavy atom. The Kier molecular flexibility index (Phi) is 5.03. The van der Waals surface area contributed by atoms with E-state index < -0.39 is 0 Å². The lowest BCUT2D eigenvalue weighted by molar-refractivity contribution is 0.443. The van der Waals surface area contributed by atoms with Gasteiger partial charge in [0.25, 0.3) is 0 Å². The number of rotatable bonds is 3. The Morgan fingerprint density at radius 1 is 1.62 bits per heavy atom. The normalized spacial score (nSPS) is 8.62. The number of nitriles is 1. The molecule has 0 radical (unpaired) electrons. The Balaban J connectivity index is 4.17. The van der Waals surface area contributed by atoms with Gasteiger partial charge in [-0.25, -0.2) is 0 Å². The molecule has 0 bridgehead atoms. The van der Waals surface area contributed by atoms with Gasteiger partial charge in [-0.05, 0) is 6.92 Å². The summed E-state index contributed by atoms with van der Waals surface area (Å²) in [5.74, 6) is -0.141. The van der Waals surface area contributed by atoms with Gasteiger partial charge in [0.2, 0.25) is 5.96 Å². The molecule has 0 aliphatic heterocycles. The summed E-state index contributed by atoms with van der Waals surface area (Å²) in [6.07, 6.45) is 0.357. The molecule has 13 heavy (non-hydrogen) atoms. The maximum Gasteiger partial charge on any atom is 0.221 e. The monoisotopic (exact) mass is 182 g/mol. The summed E-state index contributed by atoms with van der Waals surface area (Å²) >= 11 is 0. The molecule has 0 spiro atoms. The van der Waals surface area contributed by atoms with E-state index in [1.165, 1.54) is 0 Å². The summed E-state index contributed by atoms with van der Waals surface area (Å²) in [7, 11) is 0. The van der Waals surface area contributed by atoms with Gasteiger partial charge < -0.3 is 16.4 Å². The number of hydrogen-bond donors (Lipinski definition) is 3. The predicted molar refractivity (Wildman–Crippen MR) is 51.0 cm³/mol. The number of hydrogen-bond acceptors (Lipinski definition) is 2. The minimum Gasteiger partial charge on any atom is -0.370 e. The lowest BCUT2D eigenvalue weighted by Crippen LogP contribution is -2.33. The Bertz CT molecular complexity index is 234. The van der Waals surface area contributed by atoms with Crippen LogP contribution in [0.5, 0.6) is 0 Å². The highest BCUT2D eigenvalue weighted by Gasteiger charge is 2.05. The third-order valence-corrected chi connectivity index (χ3v) is 1.41. The van der Waals surface area contributed by atoms with Crippen molar-refractivity contribution in [3.05, 3.63) is 0 Å². The van der Waals surface area contributed by atoms with Crippen LogP contribution in [0.15, 0.2) is 4.99 Å². The number of nitrogens with one attached hydrogen (secondary N) is 1. The average Bonchev–Trinajstić information content (AvgIpc) is 2.04. The molecule has 0 aliphatic carbocycles. The summed E-state index contributed by atoms with van der Waals surface area (Å²) in [6.45, 7) is 2.95. The average molecular weight is 182 g/mol. The molecule has 0 aromatic rings. The van der Waals surface area contributed by atoms with Gasteiger partial charge in [-0.2, -0.15) is 10.3 Å². The number of guanidine groups is 2. The van der Waals surface area contributed by atoms with Crippen molar-refractivity contribution in [1.29, 1.82) is 10.7 Å². The fourth-order valence-corrected chi connectivity index (χ4v) is 0.792. The molecule has 0 aromatic heterocycles. The second-order valence-electron chi connectivity index (χ2n) is 2.35. The van der Waals surface area contributed by atoms with Crippen molar-refractivity contribution in [3.63, 3.8) is 0 Å². The van der Waals surface area contributed by atoms with Crippen LogP contribution in [0, 0.1) is 16.7 Å². The number of aliphatic imine (C=N–C) groups is 1. The highest BCUT2D eigenvalue weighted by Crippen LogP contribution is 1.93. The minimum absolute atomic E-state index is 0.00208. The van der Waals surface area contributed by atoms with Gasteiger partial charge in [0.1, 0.15) is 0 Å². The van der Waals surface area contributed by atoms with Gasteiger partial charge in [0, 0.05) is 13.1 Å². The van der Waals surface area contributed by atoms with Crippen LogP contribution in [0.3, 0.4) is 0 Å². The Labute approximate surface area is 77.3 Å². The maximum absolute atomic E-state index is 8.34. The molecule has 72 valence electrons. The van der Waals surface area contributed by atoms with Crippen molar-refractivity contribution >= 4 is 11.9 Å². The summed E-state index contributed by atoms with van der Waals surface area (Å²) in [5, 5.41) is 15.8. The number of nitrogens with two attached hydrogens (primary N) is 2. The summed E-state index contributed by atoms with van der Waals surface area (Å²) in [6, 6.07) is 1.99. The van der Waals surface area contributed by atoms with Gasteiger partial charge in [-0.15, -0.1) is 0 Å². The fourth-order valence-electron chi connectivity index (χ4n) is 0.792. The molecule has 5 N–H and O–H groups in total. The van der Waals surface area contributed by atoms with E-state index >= 15 is 0 Å². The van der Waals surface area contributed by atoms with Gasteiger partial charge in [0.05, 0.1) is 12.5 Å². The van der Waals surface area contributed by atoms with Crippen molar-refractivity contribution in [1.82, 2.24) is 4.90 Å². The van der Waals surface area contributed by atoms with E-state index in [0.717, 1.165) is 0 Å². The lowest BCUT2D eigenvalue weighted by atomic mass is 10.4. The summed E-state index contributed by atoms with van der Waals surface area (Å²) in [4.78, 5) is 5.19. The molecule has 6 heteroatoms. The van der Waals surface area contributed by atoms with E-state index in [1.54, 1.807) is 4.90 Å². The molecule has 0 amide bonds. The molecule has 0 aromatic carbocycles. The zero-order chi connectivity index (χ0) is 10.3. The first-order chi connectivity index (χ1) is 6.11. The van der Waals surface area contributed by atoms with Gasteiger partial charge >= 0.3 is 0 Å². The van der Waals surface area contributed by atoms with Crippen molar-refractivity contribution in [2.75, 3.05) is 13.1 Å². The van der Waals surface area contributed by atoms with Crippen LogP contribution in [-0.2, 0) is 0 Å². The minimum atomic E-state index is -0.139. The van der Waals surface area contributed by atoms with E-state index in [4.69, 9.17) is 22.1 Å². The van der Waals surface area contributed by atoms with Crippen LogP contribution < -0.4 is 11.5 Å². The quantitative estimate of drug-likeness (QED) is 0.400. The molecular weight excluding hydrogens is 168 g/mol. The highest BCUT2D eigenvalue weighted by molar-refractivity contribution is 5.91. The second-order valence-corrected chi connectivity index (χ2v) is 2.35. The van der Waals surface area contributed by atoms with Crippen molar-refractivity contribution in [3.8, 4) is 6.07 Å². The van der Waals surface area contributed by atoms with Crippen LogP contribution in [-0.4, -0.2) is 29.9 Å². The topological polar surface area (TPSA) is 115 Å². The van der Waals surface area contributed by atoms with E-state index in [1.807, 2.05) is 13.0 Å². The second kappa shape index (κ2) is 5.83. The smallest absolute Gasteiger partial charge is 0.221 e. The molecule has 6 nitrogen and oxygen atoms in total. The molecule has 0 aliphatic rings. The van der Waals surface area contributed by atoms with Crippen molar-refractivity contribution in [2.24, 2.45) is 16.5 Å². The van der Waals surface area contributed by atoms with Gasteiger partial charge in [-0.1, -0.05) is 0 Å². The molecule has 0 saturated carbocycles. The summed E-state index contributed by atoms with van der Waals surface area (Å²) in [5.41, 5.74) is 10.2. The van der Waals surface area contributed by atoms with Crippen LogP contribution in [0.4, 0.5) is 0 Å². The molecule has 0 atom stereocenters. The van der Waals surface area contributed by atoms with Crippen LogP contribution >= 0.6 is 0 Å². The Hall–Kier alpha value is -1.77. The predicted octanol–water partition coefficient (Wildman–Crippen LogP) is -0.570. The molecular formula is C7H14N6. The first kappa shape index (κ1) is 11.2. The highest BCUT2D eigenvalue weighted by atomic mass is 15.3. The van der Waals surface area contributed by atoms with Crippen LogP contribution in [0.1, 0.15) is 13.3 Å². The largest absolute Gasteiger partial charge is 0.370 e. The standard InChI is InChI=1S/C7H14N6/c1-2-13(5-3-4-8)7(11)12-6(9)10/h2-3,5H2,1H3,(H5,9,10,11,12). The molecule has 0 unspecified atom stereocenters. The molecule has 0 heterocycles. The third-order valence-electron chi connectivity index (χ3n) is 1.41. The van der Waals surface area contributed by atoms with Crippen LogP contribution in [0.25, 0.3) is 0 Å². The van der Waals surface area contributed by atoms with Gasteiger partial charge in [-0.3, -0.25) is 5.41 Å². The Morgan fingerprint density at radius 2 is 2.23 bits per heavy atom. The maximum atomic E-state index is 8.34. The zero-order valence-electron chi connectivity index (χ0n) is 7.62. The fraction of sp³-hybridized carbons (Fsp3) is 0.571. The van der Waals surface area contributed by atoms with Crippen LogP contribution in [0.2, 0.25) is 0 Å². The molecule has 0 rings (SSSR count). The third kappa shape index (κ3) is 4.63. The van der Waals surface area contributed by atoms with Crippen molar-refractivity contribution < 1.29 is 0 Å². The van der Waals surface area contributed by atoms with Gasteiger partial charge in [0.15, 0.2) is 5.96 Å². The van der Waals surface area contributed by atoms with E-state index in [0.29, 0.717) is 19.5 Å².